The molecular formula is C23H11ClNS2+. The maximum atomic E-state index is 6.15. The maximum Gasteiger partial charge on any atom is 0.124 e. The fraction of sp³-hybridized carbons (Fsp3) is 0. The van der Waals surface area contributed by atoms with Crippen LogP contribution < -0.4 is 0 Å². The van der Waals surface area contributed by atoms with Crippen molar-refractivity contribution in [2.75, 3.05) is 0 Å². The van der Waals surface area contributed by atoms with Gasteiger partial charge in [0.2, 0.25) is 0 Å². The first-order valence-electron chi connectivity index (χ1n) is 8.57. The summed E-state index contributed by atoms with van der Waals surface area (Å²) in [7, 11) is 0. The highest BCUT2D eigenvalue weighted by atomic mass is 35.5. The third-order valence-corrected chi connectivity index (χ3v) is 7.29. The Balaban J connectivity index is 1.54. The quantitative estimate of drug-likeness (QED) is 0.261. The molecule has 2 aromatic heterocycles. The smallest absolute Gasteiger partial charge is 0.124 e. The zero-order valence-electron chi connectivity index (χ0n) is 14.0. The summed E-state index contributed by atoms with van der Waals surface area (Å²) in [5.74, 6) is 0. The van der Waals surface area contributed by atoms with Crippen LogP contribution >= 0.6 is 34.3 Å². The van der Waals surface area contributed by atoms with Crippen molar-refractivity contribution < 1.29 is 0 Å². The van der Waals surface area contributed by atoms with Gasteiger partial charge in [-0.3, -0.25) is 0 Å². The van der Waals surface area contributed by atoms with E-state index in [-0.39, 0.29) is 0 Å². The molecule has 0 aliphatic heterocycles. The molecule has 3 aromatic carbocycles. The Morgan fingerprint density at radius 1 is 0.815 bits per heavy atom. The molecule has 0 radical (unpaired) electrons. The number of allylic oxidation sites excluding steroid dienone is 2. The maximum absolute atomic E-state index is 6.15. The van der Waals surface area contributed by atoms with Gasteiger partial charge in [-0.25, -0.2) is 4.98 Å². The molecule has 0 atom stereocenters. The van der Waals surface area contributed by atoms with Crippen LogP contribution in [0.1, 0.15) is 11.1 Å². The van der Waals surface area contributed by atoms with E-state index < -0.39 is 0 Å². The minimum atomic E-state index is 0.783. The van der Waals surface area contributed by atoms with E-state index in [1.54, 1.807) is 22.7 Å². The van der Waals surface area contributed by atoms with Crippen LogP contribution in [0.15, 0.2) is 54.6 Å². The van der Waals surface area contributed by atoms with Crippen LogP contribution in [0.3, 0.4) is 0 Å². The number of halogens is 1. The van der Waals surface area contributed by atoms with Gasteiger partial charge < -0.3 is 0 Å². The summed E-state index contributed by atoms with van der Waals surface area (Å²) in [6.07, 6.45) is 9.20. The molecule has 27 heavy (non-hydrogen) atoms. The van der Waals surface area contributed by atoms with E-state index in [1.165, 1.54) is 36.0 Å². The van der Waals surface area contributed by atoms with Gasteiger partial charge in [0.15, 0.2) is 0 Å². The first-order chi connectivity index (χ1) is 13.2. The summed E-state index contributed by atoms with van der Waals surface area (Å²) in [4.78, 5) is 4.92. The van der Waals surface area contributed by atoms with Gasteiger partial charge in [-0.1, -0.05) is 17.7 Å². The van der Waals surface area contributed by atoms with Gasteiger partial charge >= 0.3 is 0 Å². The summed E-state index contributed by atoms with van der Waals surface area (Å²) in [6, 6.07) is 17.1. The molecule has 0 N–H and O–H groups in total. The molecule has 6 rings (SSSR count). The van der Waals surface area contributed by atoms with Crippen molar-refractivity contribution in [3.63, 3.8) is 0 Å². The van der Waals surface area contributed by atoms with E-state index in [0.29, 0.717) is 0 Å². The van der Waals surface area contributed by atoms with Crippen molar-refractivity contribution in [1.82, 2.24) is 4.98 Å². The van der Waals surface area contributed by atoms with Crippen molar-refractivity contribution in [3.05, 3.63) is 76.8 Å². The van der Waals surface area contributed by atoms with E-state index in [4.69, 9.17) is 16.6 Å². The van der Waals surface area contributed by atoms with Crippen molar-refractivity contribution in [3.8, 4) is 10.6 Å². The number of thiazole rings is 1. The molecule has 2 heterocycles. The Morgan fingerprint density at radius 3 is 2.70 bits per heavy atom. The van der Waals surface area contributed by atoms with Gasteiger partial charge in [-0.2, -0.15) is 0 Å². The lowest BCUT2D eigenvalue weighted by Crippen LogP contribution is -1.86. The van der Waals surface area contributed by atoms with Gasteiger partial charge in [0.25, 0.3) is 0 Å². The number of hydrogen-bond acceptors (Lipinski definition) is 3. The normalized spacial score (nSPS) is 12.8. The molecule has 126 valence electrons. The highest BCUT2D eigenvalue weighted by Gasteiger charge is 2.14. The lowest BCUT2D eigenvalue weighted by Gasteiger charge is -1.99. The molecule has 1 aliphatic carbocycles. The first-order valence-corrected chi connectivity index (χ1v) is 10.6. The number of fused-ring (bicyclic) bond motifs is 5. The van der Waals surface area contributed by atoms with E-state index in [0.717, 1.165) is 21.1 Å². The lowest BCUT2D eigenvalue weighted by molar-refractivity contribution is 1.47. The number of benzene rings is 3. The predicted molar refractivity (Wildman–Crippen MR) is 120 cm³/mol. The highest BCUT2D eigenvalue weighted by Crippen LogP contribution is 2.40. The molecule has 5 aromatic rings. The Labute approximate surface area is 168 Å². The molecule has 0 saturated heterocycles. The molecule has 0 fully saturated rings. The van der Waals surface area contributed by atoms with E-state index in [9.17, 15) is 0 Å². The van der Waals surface area contributed by atoms with E-state index in [1.807, 2.05) is 24.3 Å². The predicted octanol–water partition coefficient (Wildman–Crippen LogP) is 7.83. The van der Waals surface area contributed by atoms with Crippen LogP contribution in [0, 0.1) is 6.08 Å². The summed E-state index contributed by atoms with van der Waals surface area (Å²) >= 11 is 9.68. The average molecular weight is 401 g/mol. The monoisotopic (exact) mass is 400 g/mol. The third-order valence-electron chi connectivity index (χ3n) is 4.88. The van der Waals surface area contributed by atoms with Crippen LogP contribution in [0.2, 0.25) is 5.02 Å². The number of nitrogens with zero attached hydrogens (tertiary/aromatic N) is 1. The van der Waals surface area contributed by atoms with Crippen LogP contribution in [0.4, 0.5) is 0 Å². The average Bonchev–Trinajstić information content (AvgIpc) is 3.25. The van der Waals surface area contributed by atoms with Gasteiger partial charge in [0.1, 0.15) is 17.2 Å². The van der Waals surface area contributed by atoms with E-state index >= 15 is 0 Å². The lowest BCUT2D eigenvalue weighted by atomic mass is 10.0. The van der Waals surface area contributed by atoms with Gasteiger partial charge in [-0.05, 0) is 36.4 Å². The van der Waals surface area contributed by atoms with Gasteiger partial charge in [0, 0.05) is 42.9 Å². The summed E-state index contributed by atoms with van der Waals surface area (Å²) in [5.41, 5.74) is 4.64. The second-order valence-electron chi connectivity index (χ2n) is 6.57. The van der Waals surface area contributed by atoms with Crippen LogP contribution in [0.5, 0.6) is 0 Å². The Morgan fingerprint density at radius 2 is 1.74 bits per heavy atom. The fourth-order valence-electron chi connectivity index (χ4n) is 3.55. The zero-order valence-corrected chi connectivity index (χ0v) is 16.4. The number of rotatable bonds is 1. The molecule has 4 heteroatoms. The molecule has 0 spiro atoms. The SMILES string of the molecule is Clc1ccc2c(c1)sc1cc3nc(-c4ccc5c(c4)C=C[C+]=C5)sc3cc12. The van der Waals surface area contributed by atoms with Crippen LogP contribution in [0.25, 0.3) is 53.1 Å². The second-order valence-corrected chi connectivity index (χ2v) is 9.12. The topological polar surface area (TPSA) is 12.9 Å². The van der Waals surface area contributed by atoms with Crippen molar-refractivity contribution in [2.45, 2.75) is 0 Å². The first kappa shape index (κ1) is 15.5. The third kappa shape index (κ3) is 2.44. The number of hydrogen-bond donors (Lipinski definition) is 0. The van der Waals surface area contributed by atoms with Gasteiger partial charge in [-0.15, -0.1) is 22.7 Å². The van der Waals surface area contributed by atoms with Crippen molar-refractivity contribution >= 4 is 76.8 Å². The summed E-state index contributed by atoms with van der Waals surface area (Å²) in [6.45, 7) is 0. The van der Waals surface area contributed by atoms with Gasteiger partial charge in [0.05, 0.1) is 27.4 Å². The van der Waals surface area contributed by atoms with Crippen LogP contribution in [-0.2, 0) is 0 Å². The summed E-state index contributed by atoms with van der Waals surface area (Å²) in [5, 5.41) is 4.39. The minimum absolute atomic E-state index is 0.783. The Kier molecular flexibility index (Phi) is 3.29. The molecule has 0 bridgehead atoms. The largest absolute Gasteiger partial charge is 0.236 e. The standard InChI is InChI=1S/C23H11ClNS2/c24-16-7-8-17-18-11-22-19(12-21(18)26-20(17)10-16)25-23(27-22)15-6-5-13-3-1-2-4-14(13)9-15/h2-12H/q+1. The Bertz CT molecular complexity index is 1440. The molecule has 1 nitrogen and oxygen atoms in total. The fourth-order valence-corrected chi connectivity index (χ4v) is 5.93. The molecule has 1 aliphatic rings. The molecule has 0 saturated carbocycles. The Hall–Kier alpha value is -2.55. The zero-order chi connectivity index (χ0) is 18.0. The number of aromatic nitrogens is 1. The van der Waals surface area contributed by atoms with Crippen molar-refractivity contribution in [1.29, 1.82) is 0 Å². The molecule has 0 amide bonds. The summed E-state index contributed by atoms with van der Waals surface area (Å²) < 4.78 is 3.70. The van der Waals surface area contributed by atoms with Crippen LogP contribution in [-0.4, -0.2) is 4.98 Å². The molecular weight excluding hydrogens is 390 g/mol. The number of thiophene rings is 1. The molecule has 0 unspecified atom stereocenters. The van der Waals surface area contributed by atoms with E-state index in [2.05, 4.69) is 48.6 Å². The minimum Gasteiger partial charge on any atom is -0.236 e. The van der Waals surface area contributed by atoms with Crippen molar-refractivity contribution in [2.24, 2.45) is 0 Å². The highest BCUT2D eigenvalue weighted by molar-refractivity contribution is 7.26. The second kappa shape index (κ2) is 5.72.